The third-order valence-corrected chi connectivity index (χ3v) is 3.39. The first-order valence-corrected chi connectivity index (χ1v) is 7.38. The zero-order valence-electron chi connectivity index (χ0n) is 13.7. The summed E-state index contributed by atoms with van der Waals surface area (Å²) in [5.74, 6) is 2.29. The molecule has 0 aliphatic carbocycles. The van der Waals surface area contributed by atoms with Crippen molar-refractivity contribution < 1.29 is 9.47 Å². The summed E-state index contributed by atoms with van der Waals surface area (Å²) < 4.78 is 12.6. The number of rotatable bonds is 7. The molecule has 0 bridgehead atoms. The molecule has 0 saturated heterocycles. The van der Waals surface area contributed by atoms with Crippen molar-refractivity contribution in [2.45, 2.75) is 13.1 Å². The van der Waals surface area contributed by atoms with Crippen LogP contribution in [0, 0.1) is 0 Å². The van der Waals surface area contributed by atoms with Crippen LogP contribution in [0.15, 0.2) is 41.9 Å². The molecule has 1 aromatic carbocycles. The predicted octanol–water partition coefficient (Wildman–Crippen LogP) is 1.27. The number of nitrogens with one attached hydrogen (secondary N) is 2. The number of imidazole rings is 1. The van der Waals surface area contributed by atoms with E-state index in [-0.39, 0.29) is 0 Å². The van der Waals surface area contributed by atoms with Crippen LogP contribution in [0.1, 0.15) is 5.56 Å². The highest BCUT2D eigenvalue weighted by atomic mass is 16.5. The second-order valence-electron chi connectivity index (χ2n) is 4.83. The number of nitrogens with zero attached hydrogens (tertiary/aromatic N) is 3. The van der Waals surface area contributed by atoms with Gasteiger partial charge in [-0.05, 0) is 12.1 Å². The van der Waals surface area contributed by atoms with E-state index < -0.39 is 0 Å². The van der Waals surface area contributed by atoms with Crippen LogP contribution in [-0.2, 0) is 13.1 Å². The fourth-order valence-electron chi connectivity index (χ4n) is 2.12. The van der Waals surface area contributed by atoms with E-state index in [0.717, 1.165) is 36.1 Å². The van der Waals surface area contributed by atoms with Gasteiger partial charge in [-0.25, -0.2) is 4.98 Å². The quantitative estimate of drug-likeness (QED) is 0.594. The molecule has 7 heteroatoms. The number of benzene rings is 1. The highest BCUT2D eigenvalue weighted by Gasteiger charge is 2.06. The van der Waals surface area contributed by atoms with Gasteiger partial charge in [0.25, 0.3) is 0 Å². The number of hydrogen-bond donors (Lipinski definition) is 2. The number of aliphatic imine (C=N–C) groups is 1. The number of aromatic nitrogens is 2. The Morgan fingerprint density at radius 2 is 2.13 bits per heavy atom. The molecule has 0 atom stereocenters. The number of ether oxygens (including phenoxy) is 2. The van der Waals surface area contributed by atoms with Crippen LogP contribution >= 0.6 is 0 Å². The van der Waals surface area contributed by atoms with Gasteiger partial charge >= 0.3 is 0 Å². The van der Waals surface area contributed by atoms with Crippen molar-refractivity contribution >= 4 is 5.96 Å². The van der Waals surface area contributed by atoms with Gasteiger partial charge in [-0.3, -0.25) is 4.99 Å². The minimum Gasteiger partial charge on any atom is -0.497 e. The maximum absolute atomic E-state index is 5.39. The third kappa shape index (κ3) is 4.91. The largest absolute Gasteiger partial charge is 0.497 e. The van der Waals surface area contributed by atoms with Crippen molar-refractivity contribution in [3.63, 3.8) is 0 Å². The van der Waals surface area contributed by atoms with Crippen molar-refractivity contribution in [1.29, 1.82) is 0 Å². The van der Waals surface area contributed by atoms with E-state index in [2.05, 4.69) is 20.6 Å². The molecule has 1 heterocycles. The van der Waals surface area contributed by atoms with E-state index in [9.17, 15) is 0 Å². The Bertz CT molecular complexity index is 625. The molecule has 1 aromatic heterocycles. The molecule has 2 rings (SSSR count). The zero-order chi connectivity index (χ0) is 16.5. The average molecular weight is 317 g/mol. The summed E-state index contributed by atoms with van der Waals surface area (Å²) >= 11 is 0. The lowest BCUT2D eigenvalue weighted by Crippen LogP contribution is -2.38. The fourth-order valence-corrected chi connectivity index (χ4v) is 2.12. The number of guanidine groups is 1. The maximum atomic E-state index is 5.39. The van der Waals surface area contributed by atoms with Crippen molar-refractivity contribution in [3.8, 4) is 11.5 Å². The summed E-state index contributed by atoms with van der Waals surface area (Å²) in [6.45, 7) is 2.19. The van der Waals surface area contributed by atoms with Crippen LogP contribution in [0.2, 0.25) is 0 Å². The van der Waals surface area contributed by atoms with Gasteiger partial charge in [0.15, 0.2) is 5.96 Å². The molecule has 0 amide bonds. The van der Waals surface area contributed by atoms with Gasteiger partial charge in [0.2, 0.25) is 0 Å². The summed E-state index contributed by atoms with van der Waals surface area (Å²) in [5, 5.41) is 6.53. The van der Waals surface area contributed by atoms with Crippen molar-refractivity contribution in [3.05, 3.63) is 42.5 Å². The Hall–Kier alpha value is -2.70. The molecule has 2 aromatic rings. The minimum absolute atomic E-state index is 0.609. The van der Waals surface area contributed by atoms with Gasteiger partial charge in [-0.2, -0.15) is 0 Å². The molecular formula is C16H23N5O2. The molecule has 0 saturated carbocycles. The Labute approximate surface area is 136 Å². The zero-order valence-corrected chi connectivity index (χ0v) is 13.7. The van der Waals surface area contributed by atoms with Gasteiger partial charge in [0.1, 0.15) is 11.5 Å². The normalized spacial score (nSPS) is 11.2. The van der Waals surface area contributed by atoms with Crippen LogP contribution < -0.4 is 20.1 Å². The molecule has 0 fully saturated rings. The standard InChI is InChI=1S/C16H23N5O2/c1-17-16(19-7-9-21-8-6-18-12-21)20-11-13-4-5-14(22-2)10-15(13)23-3/h4-6,8,10,12H,7,9,11H2,1-3H3,(H2,17,19,20). The van der Waals surface area contributed by atoms with E-state index >= 15 is 0 Å². The average Bonchev–Trinajstić information content (AvgIpc) is 3.11. The fraction of sp³-hybridized carbons (Fsp3) is 0.375. The Morgan fingerprint density at radius 3 is 2.78 bits per heavy atom. The third-order valence-electron chi connectivity index (χ3n) is 3.39. The van der Waals surface area contributed by atoms with E-state index in [4.69, 9.17) is 9.47 Å². The van der Waals surface area contributed by atoms with E-state index in [1.54, 1.807) is 33.8 Å². The van der Waals surface area contributed by atoms with Crippen molar-refractivity contribution in [1.82, 2.24) is 20.2 Å². The molecule has 0 spiro atoms. The first-order chi connectivity index (χ1) is 11.3. The Morgan fingerprint density at radius 1 is 1.26 bits per heavy atom. The minimum atomic E-state index is 0.609. The van der Waals surface area contributed by atoms with E-state index in [0.29, 0.717) is 6.54 Å². The Kier molecular flexibility index (Phi) is 6.28. The van der Waals surface area contributed by atoms with Gasteiger partial charge in [-0.1, -0.05) is 0 Å². The Balaban J connectivity index is 1.85. The lowest BCUT2D eigenvalue weighted by Gasteiger charge is -2.14. The summed E-state index contributed by atoms with van der Waals surface area (Å²) in [6, 6.07) is 5.75. The second-order valence-corrected chi connectivity index (χ2v) is 4.83. The first kappa shape index (κ1) is 16.7. The smallest absolute Gasteiger partial charge is 0.191 e. The highest BCUT2D eigenvalue weighted by molar-refractivity contribution is 5.79. The van der Waals surface area contributed by atoms with E-state index in [1.807, 2.05) is 29.0 Å². The van der Waals surface area contributed by atoms with Gasteiger partial charge in [0, 0.05) is 50.7 Å². The summed E-state index contributed by atoms with van der Waals surface area (Å²) in [7, 11) is 5.03. The van der Waals surface area contributed by atoms with Gasteiger partial charge < -0.3 is 24.7 Å². The number of hydrogen-bond acceptors (Lipinski definition) is 4. The van der Waals surface area contributed by atoms with Gasteiger partial charge in [-0.15, -0.1) is 0 Å². The lowest BCUT2D eigenvalue weighted by atomic mass is 10.2. The lowest BCUT2D eigenvalue weighted by molar-refractivity contribution is 0.390. The van der Waals surface area contributed by atoms with Crippen LogP contribution in [0.5, 0.6) is 11.5 Å². The molecule has 0 unspecified atom stereocenters. The topological polar surface area (TPSA) is 72.7 Å². The number of methoxy groups -OCH3 is 2. The SMILES string of the molecule is CN=C(NCCn1ccnc1)NCc1ccc(OC)cc1OC. The van der Waals surface area contributed by atoms with Crippen LogP contribution in [0.25, 0.3) is 0 Å². The molecule has 124 valence electrons. The van der Waals surface area contributed by atoms with Crippen LogP contribution in [0.3, 0.4) is 0 Å². The maximum Gasteiger partial charge on any atom is 0.191 e. The molecule has 23 heavy (non-hydrogen) atoms. The molecule has 0 aliphatic heterocycles. The molecule has 7 nitrogen and oxygen atoms in total. The molecule has 0 radical (unpaired) electrons. The van der Waals surface area contributed by atoms with Gasteiger partial charge in [0.05, 0.1) is 20.5 Å². The van der Waals surface area contributed by atoms with Crippen molar-refractivity contribution in [2.75, 3.05) is 27.8 Å². The second kappa shape index (κ2) is 8.67. The monoisotopic (exact) mass is 317 g/mol. The predicted molar refractivity (Wildman–Crippen MR) is 90.0 cm³/mol. The van der Waals surface area contributed by atoms with Crippen LogP contribution in [0.4, 0.5) is 0 Å². The summed E-state index contributed by atoms with van der Waals surface area (Å²) in [6.07, 6.45) is 5.49. The summed E-state index contributed by atoms with van der Waals surface area (Å²) in [4.78, 5) is 8.23. The molecule has 2 N–H and O–H groups in total. The molecular weight excluding hydrogens is 294 g/mol. The highest BCUT2D eigenvalue weighted by Crippen LogP contribution is 2.24. The van der Waals surface area contributed by atoms with Crippen LogP contribution in [-0.4, -0.2) is 43.3 Å². The van der Waals surface area contributed by atoms with Crippen molar-refractivity contribution in [2.24, 2.45) is 4.99 Å². The first-order valence-electron chi connectivity index (χ1n) is 7.38. The van der Waals surface area contributed by atoms with E-state index in [1.165, 1.54) is 0 Å². The summed E-state index contributed by atoms with van der Waals surface area (Å²) in [5.41, 5.74) is 1.03. The molecule has 0 aliphatic rings.